The van der Waals surface area contributed by atoms with E-state index in [1.807, 2.05) is 0 Å². The first kappa shape index (κ1) is 19.6. The van der Waals surface area contributed by atoms with Crippen molar-refractivity contribution >= 4 is 29.0 Å². The van der Waals surface area contributed by atoms with Gasteiger partial charge in [-0.15, -0.1) is 5.10 Å². The number of nitrogens with zero attached hydrogens (tertiary/aromatic N) is 4. The Kier molecular flexibility index (Phi) is 5.48. The zero-order chi connectivity index (χ0) is 21.1. The molecule has 2 aromatic heterocycles. The Morgan fingerprint density at radius 1 is 1.23 bits per heavy atom. The average molecular weight is 425 g/mol. The summed E-state index contributed by atoms with van der Waals surface area (Å²) < 4.78 is 20.9. The molecule has 1 amide bonds. The Balaban J connectivity index is 1.58. The van der Waals surface area contributed by atoms with Crippen LogP contribution in [0, 0.1) is 5.82 Å². The fourth-order valence-corrected chi connectivity index (χ4v) is 3.67. The number of rotatable bonds is 6. The van der Waals surface area contributed by atoms with Gasteiger partial charge in [-0.1, -0.05) is 23.9 Å². The lowest BCUT2D eigenvalue weighted by molar-refractivity contribution is -0.117. The summed E-state index contributed by atoms with van der Waals surface area (Å²) in [5, 5.41) is 7.38. The van der Waals surface area contributed by atoms with E-state index in [0.717, 1.165) is 4.68 Å². The number of benzene rings is 2. The summed E-state index contributed by atoms with van der Waals surface area (Å²) in [5.74, 6) is -0.187. The number of ether oxygens (including phenoxy) is 1. The number of fused-ring (bicyclic) bond motifs is 1. The average Bonchev–Trinajstić information content (AvgIpc) is 3.05. The minimum absolute atomic E-state index is 0.276. The lowest BCUT2D eigenvalue weighted by atomic mass is 10.3. The third kappa shape index (κ3) is 4.18. The topological polar surface area (TPSA) is 90.5 Å². The Morgan fingerprint density at radius 2 is 2.07 bits per heavy atom. The molecule has 0 saturated carbocycles. The van der Waals surface area contributed by atoms with Gasteiger partial charge >= 0.3 is 5.69 Å². The maximum absolute atomic E-state index is 13.5. The maximum atomic E-state index is 13.5. The Hall–Kier alpha value is -3.66. The van der Waals surface area contributed by atoms with E-state index in [1.54, 1.807) is 36.4 Å². The minimum atomic E-state index is -0.478. The van der Waals surface area contributed by atoms with Crippen LogP contribution in [0.25, 0.3) is 5.65 Å². The van der Waals surface area contributed by atoms with Gasteiger partial charge < -0.3 is 10.1 Å². The zero-order valence-electron chi connectivity index (χ0n) is 15.8. The summed E-state index contributed by atoms with van der Waals surface area (Å²) in [7, 11) is 1.53. The van der Waals surface area contributed by atoms with Crippen LogP contribution in [-0.4, -0.2) is 32.2 Å². The number of carbonyl (C=O) groups is 1. The van der Waals surface area contributed by atoms with Crippen LogP contribution < -0.4 is 15.7 Å². The number of anilines is 1. The normalized spacial score (nSPS) is 10.9. The number of methoxy groups -OCH3 is 1. The smallest absolute Gasteiger partial charge is 0.350 e. The van der Waals surface area contributed by atoms with Gasteiger partial charge in [-0.25, -0.2) is 23.3 Å². The first-order chi connectivity index (χ1) is 14.5. The van der Waals surface area contributed by atoms with E-state index in [1.165, 1.54) is 47.8 Å². The lowest BCUT2D eigenvalue weighted by Crippen LogP contribution is -2.28. The molecule has 0 aliphatic carbocycles. The molecule has 4 rings (SSSR count). The number of hydrogen-bond donors (Lipinski definition) is 1. The second-order valence-corrected chi connectivity index (χ2v) is 7.27. The van der Waals surface area contributed by atoms with Crippen LogP contribution in [0.1, 0.15) is 0 Å². The van der Waals surface area contributed by atoms with Crippen LogP contribution in [0.4, 0.5) is 10.1 Å². The van der Waals surface area contributed by atoms with Crippen LogP contribution in [-0.2, 0) is 11.3 Å². The highest BCUT2D eigenvalue weighted by molar-refractivity contribution is 7.99. The van der Waals surface area contributed by atoms with E-state index in [0.29, 0.717) is 21.4 Å². The van der Waals surface area contributed by atoms with E-state index >= 15 is 0 Å². The first-order valence-corrected chi connectivity index (χ1v) is 9.66. The molecule has 0 aliphatic rings. The molecular weight excluding hydrogens is 409 g/mol. The zero-order valence-corrected chi connectivity index (χ0v) is 16.6. The van der Waals surface area contributed by atoms with Gasteiger partial charge in [0.1, 0.15) is 23.1 Å². The fourth-order valence-electron chi connectivity index (χ4n) is 2.78. The predicted molar refractivity (Wildman–Crippen MR) is 109 cm³/mol. The highest BCUT2D eigenvalue weighted by atomic mass is 32.2. The lowest BCUT2D eigenvalue weighted by Gasteiger charge is -2.06. The van der Waals surface area contributed by atoms with Crippen molar-refractivity contribution in [3.05, 3.63) is 77.2 Å². The fraction of sp³-hybridized carbons (Fsp3) is 0.100. The molecule has 10 heteroatoms. The monoisotopic (exact) mass is 425 g/mol. The quantitative estimate of drug-likeness (QED) is 0.511. The third-order valence-corrected chi connectivity index (χ3v) is 5.10. The molecule has 4 aromatic rings. The van der Waals surface area contributed by atoms with Crippen molar-refractivity contribution in [2.24, 2.45) is 0 Å². The van der Waals surface area contributed by atoms with Gasteiger partial charge in [-0.3, -0.25) is 4.79 Å². The summed E-state index contributed by atoms with van der Waals surface area (Å²) in [6.45, 7) is -0.276. The van der Waals surface area contributed by atoms with Crippen molar-refractivity contribution in [2.45, 2.75) is 16.5 Å². The molecule has 0 aliphatic heterocycles. The van der Waals surface area contributed by atoms with Gasteiger partial charge in [0.15, 0.2) is 5.65 Å². The number of halogens is 1. The number of carbonyl (C=O) groups excluding carboxylic acids is 1. The van der Waals surface area contributed by atoms with Crippen LogP contribution in [0.3, 0.4) is 0 Å². The maximum Gasteiger partial charge on any atom is 0.350 e. The van der Waals surface area contributed by atoms with Crippen molar-refractivity contribution in [2.75, 3.05) is 12.4 Å². The van der Waals surface area contributed by atoms with Gasteiger partial charge in [0.2, 0.25) is 5.91 Å². The highest BCUT2D eigenvalue weighted by Crippen LogP contribution is 2.28. The first-order valence-electron chi connectivity index (χ1n) is 8.85. The van der Waals surface area contributed by atoms with Crippen molar-refractivity contribution in [1.29, 1.82) is 0 Å². The van der Waals surface area contributed by atoms with Crippen LogP contribution in [0.15, 0.2) is 75.6 Å². The molecule has 0 fully saturated rings. The molecule has 1 N–H and O–H groups in total. The Bertz CT molecular complexity index is 1290. The third-order valence-electron chi connectivity index (χ3n) is 4.13. The van der Waals surface area contributed by atoms with Crippen molar-refractivity contribution < 1.29 is 13.9 Å². The van der Waals surface area contributed by atoms with Gasteiger partial charge in [0.25, 0.3) is 0 Å². The summed E-state index contributed by atoms with van der Waals surface area (Å²) in [6, 6.07) is 12.9. The molecule has 2 aromatic carbocycles. The molecule has 2 heterocycles. The summed E-state index contributed by atoms with van der Waals surface area (Å²) in [4.78, 5) is 29.9. The standard InChI is InChI=1S/C20H16FN5O3S/c1-29-15-6-3-5-14(11-15)23-17(27)12-26-20(28)25-9-8-22-19(18(25)24-26)30-16-7-2-4-13(21)10-16/h2-11H,12H2,1H3,(H,23,27). The molecule has 0 atom stereocenters. The second-order valence-electron chi connectivity index (χ2n) is 6.21. The Labute approximate surface area is 174 Å². The van der Waals surface area contributed by atoms with E-state index in [2.05, 4.69) is 15.4 Å². The molecular formula is C20H16FN5O3S. The molecule has 152 valence electrons. The van der Waals surface area contributed by atoms with Gasteiger partial charge in [0.05, 0.1) is 7.11 Å². The summed E-state index contributed by atoms with van der Waals surface area (Å²) in [5.41, 5.74) is 0.348. The van der Waals surface area contributed by atoms with E-state index in [-0.39, 0.29) is 18.0 Å². The number of aromatic nitrogens is 4. The van der Waals surface area contributed by atoms with Crippen molar-refractivity contribution in [3.63, 3.8) is 0 Å². The molecule has 0 spiro atoms. The van der Waals surface area contributed by atoms with E-state index in [9.17, 15) is 14.0 Å². The molecule has 0 radical (unpaired) electrons. The van der Waals surface area contributed by atoms with Gasteiger partial charge in [-0.2, -0.15) is 0 Å². The van der Waals surface area contributed by atoms with Gasteiger partial charge in [0, 0.05) is 29.0 Å². The van der Waals surface area contributed by atoms with Crippen molar-refractivity contribution in [1.82, 2.24) is 19.2 Å². The SMILES string of the molecule is COc1cccc(NC(=O)Cn2nc3c(Sc4cccc(F)c4)nccn3c2=O)c1. The number of amides is 1. The molecule has 0 bridgehead atoms. The van der Waals surface area contributed by atoms with E-state index < -0.39 is 11.6 Å². The molecule has 0 saturated heterocycles. The van der Waals surface area contributed by atoms with Crippen molar-refractivity contribution in [3.8, 4) is 5.75 Å². The van der Waals surface area contributed by atoms with Crippen LogP contribution in [0.2, 0.25) is 0 Å². The summed E-state index contributed by atoms with van der Waals surface area (Å²) >= 11 is 1.18. The minimum Gasteiger partial charge on any atom is -0.497 e. The number of hydrogen-bond acceptors (Lipinski definition) is 6. The molecule has 0 unspecified atom stereocenters. The number of nitrogens with one attached hydrogen (secondary N) is 1. The molecule has 8 nitrogen and oxygen atoms in total. The van der Waals surface area contributed by atoms with Gasteiger partial charge in [-0.05, 0) is 30.3 Å². The predicted octanol–water partition coefficient (Wildman–Crippen LogP) is 2.83. The van der Waals surface area contributed by atoms with Crippen LogP contribution >= 0.6 is 11.8 Å². The second kappa shape index (κ2) is 8.37. The van der Waals surface area contributed by atoms with Crippen LogP contribution in [0.5, 0.6) is 5.75 Å². The highest BCUT2D eigenvalue weighted by Gasteiger charge is 2.15. The Morgan fingerprint density at radius 3 is 2.87 bits per heavy atom. The summed E-state index contributed by atoms with van der Waals surface area (Å²) in [6.07, 6.45) is 2.93. The molecule has 30 heavy (non-hydrogen) atoms. The largest absolute Gasteiger partial charge is 0.497 e. The van der Waals surface area contributed by atoms with E-state index in [4.69, 9.17) is 4.74 Å².